The second-order valence-corrected chi connectivity index (χ2v) is 7.45. The molecule has 8 heteroatoms. The van der Waals surface area contributed by atoms with Crippen molar-refractivity contribution in [3.05, 3.63) is 24.5 Å². The number of rotatable bonds is 6. The molecule has 1 N–H and O–H groups in total. The van der Waals surface area contributed by atoms with Gasteiger partial charge in [-0.3, -0.25) is 0 Å². The summed E-state index contributed by atoms with van der Waals surface area (Å²) in [5.41, 5.74) is 0.785. The minimum absolute atomic E-state index is 0.123. The Morgan fingerprint density at radius 3 is 3.05 bits per heavy atom. The summed E-state index contributed by atoms with van der Waals surface area (Å²) in [5.74, 6) is 0.618. The van der Waals surface area contributed by atoms with Crippen molar-refractivity contribution < 1.29 is 8.42 Å². The smallest absolute Gasteiger partial charge is 0.212 e. The first-order valence-corrected chi connectivity index (χ1v) is 8.69. The molecular weight excluding hydrogens is 284 g/mol. The molecule has 1 saturated carbocycles. The molecule has 0 bridgehead atoms. The maximum atomic E-state index is 11.7. The monoisotopic (exact) mass is 298 g/mol. The molecule has 2 aromatic heterocycles. The number of fused-ring (bicyclic) bond motifs is 1. The van der Waals surface area contributed by atoms with Gasteiger partial charge in [-0.05, 0) is 25.0 Å². The molecule has 2 aromatic rings. The number of nitrogens with zero attached hydrogens (tertiary/aromatic N) is 3. The first kappa shape index (κ1) is 12.9. The third-order valence-corrected chi connectivity index (χ3v) is 5.37. The Kier molecular flexibility index (Phi) is 3.46. The van der Waals surface area contributed by atoms with Crippen LogP contribution in [0, 0.1) is 0 Å². The van der Waals surface area contributed by atoms with Crippen LogP contribution in [0.3, 0.4) is 0 Å². The predicted octanol–water partition coefficient (Wildman–Crippen LogP) is 0.903. The fraction of sp³-hybridized carbons (Fsp3) is 0.455. The summed E-state index contributed by atoms with van der Waals surface area (Å²) in [6.45, 7) is 0. The van der Waals surface area contributed by atoms with E-state index in [0.717, 1.165) is 23.5 Å². The standard InChI is InChI=1S/C11H14N4O2S2/c16-19(17,14-9-1-2-9)8-7-18-11-4-3-10-12-5-6-15(10)13-11/h3-6,9,14H,1-2,7-8H2. The van der Waals surface area contributed by atoms with Crippen molar-refractivity contribution in [3.63, 3.8) is 0 Å². The normalized spacial score (nSPS) is 16.0. The average molecular weight is 298 g/mol. The topological polar surface area (TPSA) is 76.4 Å². The van der Waals surface area contributed by atoms with E-state index in [1.165, 1.54) is 11.8 Å². The van der Waals surface area contributed by atoms with Crippen LogP contribution in [-0.2, 0) is 10.0 Å². The minimum atomic E-state index is -3.14. The van der Waals surface area contributed by atoms with E-state index in [2.05, 4.69) is 14.8 Å². The molecule has 0 unspecified atom stereocenters. The Labute approximate surface area is 115 Å². The zero-order valence-corrected chi connectivity index (χ0v) is 11.8. The maximum Gasteiger partial charge on any atom is 0.212 e. The Bertz CT molecular complexity index is 679. The lowest BCUT2D eigenvalue weighted by Gasteiger charge is -2.05. The summed E-state index contributed by atoms with van der Waals surface area (Å²) in [6.07, 6.45) is 5.38. The van der Waals surface area contributed by atoms with Crippen LogP contribution >= 0.6 is 11.8 Å². The molecule has 2 heterocycles. The Balaban J connectivity index is 1.56. The predicted molar refractivity (Wildman–Crippen MR) is 73.7 cm³/mol. The molecule has 1 aliphatic rings. The molecule has 0 atom stereocenters. The third kappa shape index (κ3) is 3.46. The van der Waals surface area contributed by atoms with Crippen molar-refractivity contribution in [2.75, 3.05) is 11.5 Å². The SMILES string of the molecule is O=S(=O)(CCSc1ccc2nccn2n1)NC1CC1. The van der Waals surface area contributed by atoms with Crippen molar-refractivity contribution in [2.45, 2.75) is 23.9 Å². The first-order valence-electron chi connectivity index (χ1n) is 6.06. The molecule has 0 aromatic carbocycles. The van der Waals surface area contributed by atoms with Crippen molar-refractivity contribution in [1.29, 1.82) is 0 Å². The highest BCUT2D eigenvalue weighted by atomic mass is 32.2. The second kappa shape index (κ2) is 5.10. The van der Waals surface area contributed by atoms with Crippen LogP contribution in [-0.4, -0.2) is 40.6 Å². The molecule has 6 nitrogen and oxygen atoms in total. The lowest BCUT2D eigenvalue weighted by atomic mass is 10.6. The first-order chi connectivity index (χ1) is 9.12. The average Bonchev–Trinajstić information content (AvgIpc) is 3.03. The second-order valence-electron chi connectivity index (χ2n) is 4.46. The minimum Gasteiger partial charge on any atom is -0.236 e. The van der Waals surface area contributed by atoms with Crippen molar-refractivity contribution >= 4 is 27.4 Å². The Hall–Kier alpha value is -1.12. The van der Waals surface area contributed by atoms with E-state index in [1.54, 1.807) is 16.9 Å². The number of hydrogen-bond donors (Lipinski definition) is 1. The molecule has 0 amide bonds. The highest BCUT2D eigenvalue weighted by molar-refractivity contribution is 8.00. The molecule has 0 radical (unpaired) electrons. The van der Waals surface area contributed by atoms with Gasteiger partial charge in [-0.15, -0.1) is 11.8 Å². The molecule has 0 saturated heterocycles. The van der Waals surface area contributed by atoms with Crippen LogP contribution in [0.2, 0.25) is 0 Å². The summed E-state index contributed by atoms with van der Waals surface area (Å²) in [5, 5.41) is 5.13. The van der Waals surface area contributed by atoms with Gasteiger partial charge in [-0.1, -0.05) is 0 Å². The van der Waals surface area contributed by atoms with E-state index in [0.29, 0.717) is 5.75 Å². The maximum absolute atomic E-state index is 11.7. The van der Waals surface area contributed by atoms with E-state index in [4.69, 9.17) is 0 Å². The molecule has 0 aliphatic heterocycles. The zero-order chi connectivity index (χ0) is 13.3. The van der Waals surface area contributed by atoms with Crippen LogP contribution in [0.15, 0.2) is 29.6 Å². The van der Waals surface area contributed by atoms with Crippen molar-refractivity contribution in [1.82, 2.24) is 19.3 Å². The highest BCUT2D eigenvalue weighted by Gasteiger charge is 2.26. The van der Waals surface area contributed by atoms with Gasteiger partial charge >= 0.3 is 0 Å². The Morgan fingerprint density at radius 2 is 2.26 bits per heavy atom. The van der Waals surface area contributed by atoms with Crippen molar-refractivity contribution in [2.24, 2.45) is 0 Å². The van der Waals surface area contributed by atoms with E-state index < -0.39 is 10.0 Å². The summed E-state index contributed by atoms with van der Waals surface area (Å²) in [4.78, 5) is 4.10. The van der Waals surface area contributed by atoms with Gasteiger partial charge in [0.05, 0.1) is 5.75 Å². The number of imidazole rings is 1. The lowest BCUT2D eigenvalue weighted by molar-refractivity contribution is 0.582. The molecule has 19 heavy (non-hydrogen) atoms. The molecule has 0 spiro atoms. The van der Waals surface area contributed by atoms with Gasteiger partial charge in [-0.25, -0.2) is 22.6 Å². The summed E-state index contributed by atoms with van der Waals surface area (Å²) >= 11 is 1.43. The fourth-order valence-electron chi connectivity index (χ4n) is 1.64. The number of sulfonamides is 1. The van der Waals surface area contributed by atoms with Crippen LogP contribution in [0.5, 0.6) is 0 Å². The van der Waals surface area contributed by atoms with Gasteiger partial charge in [0.2, 0.25) is 10.0 Å². The number of thioether (sulfide) groups is 1. The summed E-state index contributed by atoms with van der Waals surface area (Å²) in [6, 6.07) is 3.90. The molecular formula is C11H14N4O2S2. The molecule has 102 valence electrons. The van der Waals surface area contributed by atoms with Crippen LogP contribution in [0.1, 0.15) is 12.8 Å². The molecule has 3 rings (SSSR count). The van der Waals surface area contributed by atoms with E-state index in [9.17, 15) is 8.42 Å². The zero-order valence-electron chi connectivity index (χ0n) is 10.2. The van der Waals surface area contributed by atoms with Gasteiger partial charge in [0.1, 0.15) is 5.03 Å². The number of hydrogen-bond acceptors (Lipinski definition) is 5. The van der Waals surface area contributed by atoms with E-state index in [-0.39, 0.29) is 11.8 Å². The summed E-state index contributed by atoms with van der Waals surface area (Å²) < 4.78 is 27.7. The van der Waals surface area contributed by atoms with E-state index in [1.807, 2.05) is 12.1 Å². The van der Waals surface area contributed by atoms with Crippen molar-refractivity contribution in [3.8, 4) is 0 Å². The quantitative estimate of drug-likeness (QED) is 0.802. The van der Waals surface area contributed by atoms with E-state index >= 15 is 0 Å². The van der Waals surface area contributed by atoms with Gasteiger partial charge in [0, 0.05) is 24.2 Å². The Morgan fingerprint density at radius 1 is 1.42 bits per heavy atom. The van der Waals surface area contributed by atoms with Gasteiger partial charge in [0.15, 0.2) is 5.65 Å². The van der Waals surface area contributed by atoms with Gasteiger partial charge < -0.3 is 0 Å². The lowest BCUT2D eigenvalue weighted by Crippen LogP contribution is -2.29. The molecule has 1 fully saturated rings. The van der Waals surface area contributed by atoms with Crippen LogP contribution in [0.25, 0.3) is 5.65 Å². The van der Waals surface area contributed by atoms with Crippen LogP contribution < -0.4 is 4.72 Å². The largest absolute Gasteiger partial charge is 0.236 e. The molecule has 1 aliphatic carbocycles. The highest BCUT2D eigenvalue weighted by Crippen LogP contribution is 2.20. The van der Waals surface area contributed by atoms with Crippen LogP contribution in [0.4, 0.5) is 0 Å². The summed E-state index contributed by atoms with van der Waals surface area (Å²) in [7, 11) is -3.14. The number of nitrogens with one attached hydrogen (secondary N) is 1. The fourth-order valence-corrected chi connectivity index (χ4v) is 4.24. The third-order valence-electron chi connectivity index (χ3n) is 2.76. The van der Waals surface area contributed by atoms with Gasteiger partial charge in [-0.2, -0.15) is 5.10 Å². The van der Waals surface area contributed by atoms with Gasteiger partial charge in [0.25, 0.3) is 0 Å². The number of aromatic nitrogens is 3.